The monoisotopic (exact) mass is 271 g/mol. The van der Waals surface area contributed by atoms with E-state index in [0.717, 1.165) is 18.6 Å². The fraction of sp³-hybridized carbons (Fsp3) is 0.462. The van der Waals surface area contributed by atoms with E-state index in [1.807, 2.05) is 38.1 Å². The van der Waals surface area contributed by atoms with Crippen LogP contribution in [-0.4, -0.2) is 11.6 Å². The highest BCUT2D eigenvalue weighted by Gasteiger charge is 2.20. The van der Waals surface area contributed by atoms with Crippen LogP contribution >= 0.6 is 23.8 Å². The topological polar surface area (TPSA) is 35.2 Å². The number of hydrogen-bond acceptors (Lipinski definition) is 2. The second kappa shape index (κ2) is 6.22. The minimum atomic E-state index is -0.112. The molecule has 0 heterocycles. The van der Waals surface area contributed by atoms with Crippen molar-refractivity contribution in [2.24, 2.45) is 11.1 Å². The van der Waals surface area contributed by atoms with Crippen LogP contribution in [0.2, 0.25) is 5.02 Å². The van der Waals surface area contributed by atoms with Crippen LogP contribution in [0.15, 0.2) is 24.3 Å². The molecular weight excluding hydrogens is 254 g/mol. The second-order valence-electron chi connectivity index (χ2n) is 4.63. The van der Waals surface area contributed by atoms with Crippen molar-refractivity contribution in [2.75, 3.05) is 6.61 Å². The van der Waals surface area contributed by atoms with Crippen molar-refractivity contribution < 1.29 is 4.74 Å². The molecule has 0 radical (unpaired) electrons. The van der Waals surface area contributed by atoms with Gasteiger partial charge in [-0.2, -0.15) is 0 Å². The van der Waals surface area contributed by atoms with Crippen LogP contribution in [0.25, 0.3) is 0 Å². The molecule has 1 aromatic rings. The molecular formula is C13H18ClNOS. The van der Waals surface area contributed by atoms with E-state index in [4.69, 9.17) is 34.3 Å². The molecule has 17 heavy (non-hydrogen) atoms. The molecule has 4 heteroatoms. The number of thiocarbonyl (C=S) groups is 1. The second-order valence-corrected chi connectivity index (χ2v) is 5.48. The third kappa shape index (κ3) is 4.52. The largest absolute Gasteiger partial charge is 0.492 e. The quantitative estimate of drug-likeness (QED) is 0.631. The number of nitrogens with two attached hydrogens (primary N) is 1. The Hall–Kier alpha value is -0.800. The molecule has 0 saturated carbocycles. The molecule has 0 spiro atoms. The summed E-state index contributed by atoms with van der Waals surface area (Å²) in [5.74, 6) is 0.724. The first-order valence-electron chi connectivity index (χ1n) is 5.61. The van der Waals surface area contributed by atoms with Gasteiger partial charge in [0.1, 0.15) is 5.75 Å². The average molecular weight is 272 g/mol. The van der Waals surface area contributed by atoms with Crippen molar-refractivity contribution in [3.05, 3.63) is 29.3 Å². The first-order chi connectivity index (χ1) is 7.93. The summed E-state index contributed by atoms with van der Waals surface area (Å²) in [6.07, 6.45) is 1.81. The van der Waals surface area contributed by atoms with Gasteiger partial charge in [0.15, 0.2) is 0 Å². The SMILES string of the molecule is CC(C)(CCCOc1ccccc1Cl)C(N)=S. The number of ether oxygens (including phenoxy) is 1. The highest BCUT2D eigenvalue weighted by molar-refractivity contribution is 7.80. The van der Waals surface area contributed by atoms with Crippen LogP contribution in [0.4, 0.5) is 0 Å². The number of halogens is 1. The van der Waals surface area contributed by atoms with Gasteiger partial charge in [-0.05, 0) is 25.0 Å². The van der Waals surface area contributed by atoms with E-state index in [-0.39, 0.29) is 5.41 Å². The first kappa shape index (κ1) is 14.3. The van der Waals surface area contributed by atoms with Crippen molar-refractivity contribution >= 4 is 28.8 Å². The standard InChI is InChI=1S/C13H18ClNOS/c1-13(2,12(15)17)8-5-9-16-11-7-4-3-6-10(11)14/h3-4,6-7H,5,8-9H2,1-2H3,(H2,15,17). The van der Waals surface area contributed by atoms with Crippen molar-refractivity contribution in [3.63, 3.8) is 0 Å². The molecule has 1 rings (SSSR count). The zero-order chi connectivity index (χ0) is 12.9. The Kier molecular flexibility index (Phi) is 5.22. The first-order valence-corrected chi connectivity index (χ1v) is 6.39. The zero-order valence-electron chi connectivity index (χ0n) is 10.2. The minimum Gasteiger partial charge on any atom is -0.492 e. The number of para-hydroxylation sites is 1. The van der Waals surface area contributed by atoms with Gasteiger partial charge < -0.3 is 10.5 Å². The Labute approximate surface area is 113 Å². The molecule has 0 aliphatic heterocycles. The number of benzene rings is 1. The van der Waals surface area contributed by atoms with Crippen LogP contribution in [-0.2, 0) is 0 Å². The van der Waals surface area contributed by atoms with Gasteiger partial charge >= 0.3 is 0 Å². The third-order valence-electron chi connectivity index (χ3n) is 2.71. The lowest BCUT2D eigenvalue weighted by Crippen LogP contribution is -2.30. The molecule has 0 bridgehead atoms. The Morgan fingerprint density at radius 3 is 2.65 bits per heavy atom. The molecule has 94 valence electrons. The summed E-state index contributed by atoms with van der Waals surface area (Å²) in [4.78, 5) is 0.551. The number of rotatable bonds is 6. The predicted molar refractivity (Wildman–Crippen MR) is 76.7 cm³/mol. The maximum absolute atomic E-state index is 5.98. The zero-order valence-corrected chi connectivity index (χ0v) is 11.8. The fourth-order valence-corrected chi connectivity index (χ4v) is 1.67. The summed E-state index contributed by atoms with van der Waals surface area (Å²) in [7, 11) is 0. The molecule has 2 nitrogen and oxygen atoms in total. The molecule has 1 aromatic carbocycles. The summed E-state index contributed by atoms with van der Waals surface area (Å²) in [5.41, 5.74) is 5.55. The summed E-state index contributed by atoms with van der Waals surface area (Å²) in [5, 5.41) is 0.640. The van der Waals surface area contributed by atoms with E-state index < -0.39 is 0 Å². The lowest BCUT2D eigenvalue weighted by Gasteiger charge is -2.22. The Morgan fingerprint density at radius 2 is 2.06 bits per heavy atom. The minimum absolute atomic E-state index is 0.112. The highest BCUT2D eigenvalue weighted by atomic mass is 35.5. The average Bonchev–Trinajstić information content (AvgIpc) is 2.26. The third-order valence-corrected chi connectivity index (χ3v) is 3.57. The van der Waals surface area contributed by atoms with E-state index in [1.54, 1.807) is 0 Å². The van der Waals surface area contributed by atoms with Crippen LogP contribution in [0.5, 0.6) is 5.75 Å². The van der Waals surface area contributed by atoms with Crippen molar-refractivity contribution in [3.8, 4) is 5.75 Å². The summed E-state index contributed by atoms with van der Waals surface area (Å²) >= 11 is 11.0. The van der Waals surface area contributed by atoms with E-state index in [2.05, 4.69) is 0 Å². The maximum Gasteiger partial charge on any atom is 0.137 e. The molecule has 0 unspecified atom stereocenters. The van der Waals surface area contributed by atoms with Gasteiger partial charge in [0, 0.05) is 5.41 Å². The predicted octanol–water partition coefficient (Wildman–Crippen LogP) is 3.81. The van der Waals surface area contributed by atoms with Gasteiger partial charge in [0.05, 0.1) is 16.6 Å². The summed E-state index contributed by atoms with van der Waals surface area (Å²) < 4.78 is 5.60. The van der Waals surface area contributed by atoms with E-state index >= 15 is 0 Å². The van der Waals surface area contributed by atoms with Crippen molar-refractivity contribution in [1.82, 2.24) is 0 Å². The Balaban J connectivity index is 2.35. The molecule has 0 saturated heterocycles. The summed E-state index contributed by atoms with van der Waals surface area (Å²) in [6, 6.07) is 7.46. The Bertz CT molecular complexity index is 393. The lowest BCUT2D eigenvalue weighted by molar-refractivity contribution is 0.288. The molecule has 0 atom stereocenters. The fourth-order valence-electron chi connectivity index (χ4n) is 1.38. The van der Waals surface area contributed by atoms with Gasteiger partial charge in [-0.1, -0.05) is 49.8 Å². The van der Waals surface area contributed by atoms with Crippen molar-refractivity contribution in [2.45, 2.75) is 26.7 Å². The number of hydrogen-bond donors (Lipinski definition) is 1. The van der Waals surface area contributed by atoms with Gasteiger partial charge in [0.25, 0.3) is 0 Å². The van der Waals surface area contributed by atoms with E-state index in [9.17, 15) is 0 Å². The lowest BCUT2D eigenvalue weighted by atomic mass is 9.88. The van der Waals surface area contributed by atoms with E-state index in [1.165, 1.54) is 0 Å². The van der Waals surface area contributed by atoms with Gasteiger partial charge in [-0.15, -0.1) is 0 Å². The molecule has 0 aliphatic carbocycles. The van der Waals surface area contributed by atoms with Crippen LogP contribution < -0.4 is 10.5 Å². The van der Waals surface area contributed by atoms with Crippen LogP contribution in [0.1, 0.15) is 26.7 Å². The van der Waals surface area contributed by atoms with E-state index in [0.29, 0.717) is 16.6 Å². The van der Waals surface area contributed by atoms with Gasteiger partial charge in [0.2, 0.25) is 0 Å². The molecule has 0 amide bonds. The van der Waals surface area contributed by atoms with Crippen LogP contribution in [0.3, 0.4) is 0 Å². The molecule has 0 aliphatic rings. The molecule has 2 N–H and O–H groups in total. The molecule has 0 fully saturated rings. The van der Waals surface area contributed by atoms with Gasteiger partial charge in [-0.25, -0.2) is 0 Å². The van der Waals surface area contributed by atoms with Gasteiger partial charge in [-0.3, -0.25) is 0 Å². The smallest absolute Gasteiger partial charge is 0.137 e. The Morgan fingerprint density at radius 1 is 1.41 bits per heavy atom. The molecule has 0 aromatic heterocycles. The normalized spacial score (nSPS) is 11.2. The van der Waals surface area contributed by atoms with Crippen molar-refractivity contribution in [1.29, 1.82) is 0 Å². The maximum atomic E-state index is 5.98. The summed E-state index contributed by atoms with van der Waals surface area (Å²) in [6.45, 7) is 4.71. The van der Waals surface area contributed by atoms with Crippen LogP contribution in [0, 0.1) is 5.41 Å². The highest BCUT2D eigenvalue weighted by Crippen LogP contribution is 2.25.